The third kappa shape index (κ3) is 6.98. The summed E-state index contributed by atoms with van der Waals surface area (Å²) < 4.78 is 16.0. The maximum absolute atomic E-state index is 12.6. The van der Waals surface area contributed by atoms with Gasteiger partial charge in [-0.05, 0) is 15.4 Å². The molecule has 0 radical (unpaired) electrons. The zero-order valence-corrected chi connectivity index (χ0v) is 24.0. The molecule has 1 fully saturated rings. The van der Waals surface area contributed by atoms with Crippen LogP contribution < -0.4 is 15.7 Å². The minimum atomic E-state index is -3.23. The molecule has 0 aromatic heterocycles. The van der Waals surface area contributed by atoms with E-state index in [9.17, 15) is 20.1 Å². The van der Waals surface area contributed by atoms with E-state index in [1.807, 2.05) is 60.7 Å². The topological polar surface area (TPSA) is 117 Å². The highest BCUT2D eigenvalue weighted by molar-refractivity contribution is 6.99. The van der Waals surface area contributed by atoms with Crippen LogP contribution in [0, 0.1) is 0 Å². The number of aliphatic hydroxyl groups is 3. The standard InChI is InChI=1S/C25H32Cl3NO7Si/c1-24(2,3)37(16-10-6-4-7-11-16,17-12-8-5-9-13-17)36-22-19(21(32)20(31)18(14-30)35-22)29-23(33)34-15-25(26,27)28/h4-13,18-22,30-32H,14-15H2,1-3H3,(H,29,33)/t18-,19-,20-,21-,22+/m1/s1. The van der Waals surface area contributed by atoms with Crippen LogP contribution in [0.25, 0.3) is 0 Å². The minimum Gasteiger partial charge on any atom is -0.445 e. The summed E-state index contributed by atoms with van der Waals surface area (Å²) in [5, 5.41) is 35.2. The molecule has 1 heterocycles. The first-order chi connectivity index (χ1) is 17.3. The molecule has 1 aliphatic heterocycles. The van der Waals surface area contributed by atoms with Gasteiger partial charge in [-0.15, -0.1) is 0 Å². The second-order valence-corrected chi connectivity index (χ2v) is 16.6. The molecule has 1 amide bonds. The van der Waals surface area contributed by atoms with Crippen molar-refractivity contribution >= 4 is 59.6 Å². The second kappa shape index (κ2) is 12.2. The molecule has 4 N–H and O–H groups in total. The third-order valence-corrected chi connectivity index (χ3v) is 11.6. The molecule has 1 aliphatic rings. The molecule has 8 nitrogen and oxygen atoms in total. The summed E-state index contributed by atoms with van der Waals surface area (Å²) in [6.07, 6.45) is -6.52. The summed E-state index contributed by atoms with van der Waals surface area (Å²) in [4.78, 5) is 12.6. The normalized spacial score (nSPS) is 24.9. The second-order valence-electron chi connectivity index (χ2n) is 9.85. The molecule has 0 unspecified atom stereocenters. The number of hydrogen-bond donors (Lipinski definition) is 4. The number of nitrogens with one attached hydrogen (secondary N) is 1. The lowest BCUT2D eigenvalue weighted by molar-refractivity contribution is -0.246. The Morgan fingerprint density at radius 1 is 0.973 bits per heavy atom. The Morgan fingerprint density at radius 2 is 1.49 bits per heavy atom. The van der Waals surface area contributed by atoms with Crippen molar-refractivity contribution in [2.75, 3.05) is 13.2 Å². The van der Waals surface area contributed by atoms with Crippen LogP contribution in [0.4, 0.5) is 4.79 Å². The number of carbonyl (C=O) groups is 1. The SMILES string of the molecule is CC(C)(C)[Si](O[C@@H]1O[C@H](CO)[C@@H](O)[C@H](O)[C@H]1NC(=O)OCC(Cl)(Cl)Cl)(c1ccccc1)c1ccccc1. The lowest BCUT2D eigenvalue weighted by Gasteiger charge is -2.49. The van der Waals surface area contributed by atoms with E-state index in [0.717, 1.165) is 10.4 Å². The van der Waals surface area contributed by atoms with E-state index in [2.05, 4.69) is 26.1 Å². The first-order valence-electron chi connectivity index (χ1n) is 11.7. The predicted octanol–water partition coefficient (Wildman–Crippen LogP) is 2.47. The monoisotopic (exact) mass is 591 g/mol. The molecule has 0 aliphatic carbocycles. The highest BCUT2D eigenvalue weighted by atomic mass is 35.6. The van der Waals surface area contributed by atoms with E-state index in [-0.39, 0.29) is 0 Å². The Hall–Kier alpha value is -1.40. The van der Waals surface area contributed by atoms with E-state index in [1.165, 1.54) is 0 Å². The third-order valence-electron chi connectivity index (χ3n) is 6.24. The van der Waals surface area contributed by atoms with E-state index in [1.54, 1.807) is 0 Å². The number of amides is 1. The number of ether oxygens (including phenoxy) is 2. The number of benzene rings is 2. The van der Waals surface area contributed by atoms with Crippen molar-refractivity contribution in [3.8, 4) is 0 Å². The number of carbonyl (C=O) groups excluding carboxylic acids is 1. The first kappa shape index (κ1) is 30.1. The van der Waals surface area contributed by atoms with E-state index in [4.69, 9.17) is 48.7 Å². The van der Waals surface area contributed by atoms with E-state index >= 15 is 0 Å². The number of alkyl carbamates (subject to hydrolysis) is 1. The molecular formula is C25H32Cl3NO7Si. The van der Waals surface area contributed by atoms with Gasteiger partial charge in [0.1, 0.15) is 31.0 Å². The Kier molecular flexibility index (Phi) is 9.93. The Labute approximate surface area is 232 Å². The number of halogens is 3. The molecule has 0 spiro atoms. The van der Waals surface area contributed by atoms with Gasteiger partial charge in [-0.2, -0.15) is 0 Å². The van der Waals surface area contributed by atoms with Crippen molar-refractivity contribution in [1.82, 2.24) is 5.32 Å². The van der Waals surface area contributed by atoms with Crippen molar-refractivity contribution in [2.45, 2.75) is 60.2 Å². The van der Waals surface area contributed by atoms with Gasteiger partial charge < -0.3 is 34.5 Å². The lowest BCUT2D eigenvalue weighted by Crippen LogP contribution is -2.72. The zero-order valence-electron chi connectivity index (χ0n) is 20.7. The first-order valence-corrected chi connectivity index (χ1v) is 14.8. The fraction of sp³-hybridized carbons (Fsp3) is 0.480. The van der Waals surface area contributed by atoms with Gasteiger partial charge in [-0.1, -0.05) is 116 Å². The number of rotatable bonds is 7. The molecular weight excluding hydrogens is 561 g/mol. The summed E-state index contributed by atoms with van der Waals surface area (Å²) in [6.45, 7) is 5.02. The van der Waals surface area contributed by atoms with Crippen LogP contribution in [0.5, 0.6) is 0 Å². The molecule has 2 aromatic rings. The molecule has 0 bridgehead atoms. The molecule has 12 heteroatoms. The quantitative estimate of drug-likeness (QED) is 0.288. The molecule has 3 rings (SSSR count). The van der Waals surface area contributed by atoms with Gasteiger partial charge in [0.15, 0.2) is 6.29 Å². The van der Waals surface area contributed by atoms with Crippen LogP contribution in [0.2, 0.25) is 5.04 Å². The average Bonchev–Trinajstić information content (AvgIpc) is 2.85. The van der Waals surface area contributed by atoms with Crippen molar-refractivity contribution in [3.05, 3.63) is 60.7 Å². The molecule has 5 atom stereocenters. The van der Waals surface area contributed by atoms with E-state index in [0.29, 0.717) is 0 Å². The van der Waals surface area contributed by atoms with Gasteiger partial charge in [0.25, 0.3) is 8.32 Å². The predicted molar refractivity (Wildman–Crippen MR) is 145 cm³/mol. The van der Waals surface area contributed by atoms with Gasteiger partial charge >= 0.3 is 6.09 Å². The largest absolute Gasteiger partial charge is 0.445 e. The fourth-order valence-electron chi connectivity index (χ4n) is 4.53. The molecule has 1 saturated heterocycles. The smallest absolute Gasteiger partial charge is 0.407 e. The van der Waals surface area contributed by atoms with Gasteiger partial charge in [0.05, 0.1) is 6.61 Å². The molecule has 0 saturated carbocycles. The van der Waals surface area contributed by atoms with Crippen LogP contribution in [0.15, 0.2) is 60.7 Å². The van der Waals surface area contributed by atoms with Gasteiger partial charge in [-0.3, -0.25) is 0 Å². The minimum absolute atomic E-state index is 0.463. The highest BCUT2D eigenvalue weighted by Crippen LogP contribution is 2.39. The van der Waals surface area contributed by atoms with Crippen LogP contribution in [0.3, 0.4) is 0 Å². The lowest BCUT2D eigenvalue weighted by atomic mass is 9.97. The Morgan fingerprint density at radius 3 is 1.92 bits per heavy atom. The van der Waals surface area contributed by atoms with Gasteiger partial charge in [0.2, 0.25) is 3.79 Å². The summed E-state index contributed by atoms with van der Waals surface area (Å²) in [5.41, 5.74) is 0. The van der Waals surface area contributed by atoms with Crippen LogP contribution in [-0.2, 0) is 13.9 Å². The Balaban J connectivity index is 2.08. The summed E-state index contributed by atoms with van der Waals surface area (Å²) in [7, 11) is -3.23. The van der Waals surface area contributed by atoms with E-state index < -0.39 is 67.1 Å². The maximum Gasteiger partial charge on any atom is 0.407 e. The Bertz CT molecular complexity index is 981. The summed E-state index contributed by atoms with van der Waals surface area (Å²) in [5.74, 6) is 0. The van der Waals surface area contributed by atoms with Gasteiger partial charge in [-0.25, -0.2) is 4.79 Å². The summed E-state index contributed by atoms with van der Waals surface area (Å²) in [6, 6.07) is 18.1. The van der Waals surface area contributed by atoms with Crippen molar-refractivity contribution < 1.29 is 34.0 Å². The highest BCUT2D eigenvalue weighted by Gasteiger charge is 2.55. The molecule has 37 heavy (non-hydrogen) atoms. The summed E-state index contributed by atoms with van der Waals surface area (Å²) >= 11 is 17.0. The number of aliphatic hydroxyl groups excluding tert-OH is 3. The molecule has 2 aromatic carbocycles. The number of alkyl halides is 3. The van der Waals surface area contributed by atoms with Crippen molar-refractivity contribution in [1.29, 1.82) is 0 Å². The van der Waals surface area contributed by atoms with Crippen LogP contribution in [0.1, 0.15) is 20.8 Å². The molecule has 204 valence electrons. The maximum atomic E-state index is 12.6. The average molecular weight is 593 g/mol. The van der Waals surface area contributed by atoms with Crippen LogP contribution >= 0.6 is 34.8 Å². The van der Waals surface area contributed by atoms with Crippen molar-refractivity contribution in [2.24, 2.45) is 0 Å². The fourth-order valence-corrected chi connectivity index (χ4v) is 9.26. The zero-order chi connectivity index (χ0) is 27.4. The van der Waals surface area contributed by atoms with Crippen molar-refractivity contribution in [3.63, 3.8) is 0 Å². The van der Waals surface area contributed by atoms with Crippen LogP contribution in [-0.4, -0.2) is 77.4 Å². The van der Waals surface area contributed by atoms with Gasteiger partial charge in [0, 0.05) is 0 Å². The number of hydrogen-bond acceptors (Lipinski definition) is 7.